The predicted molar refractivity (Wildman–Crippen MR) is 118 cm³/mol. The van der Waals surface area contributed by atoms with Crippen LogP contribution in [0.15, 0.2) is 23.3 Å². The lowest BCUT2D eigenvalue weighted by Gasteiger charge is -2.34. The Hall–Kier alpha value is -0.740. The highest BCUT2D eigenvalue weighted by Crippen LogP contribution is 2.16. The van der Waals surface area contributed by atoms with Gasteiger partial charge in [0, 0.05) is 57.0 Å². The number of piperazine rings is 1. The lowest BCUT2D eigenvalue weighted by Crippen LogP contribution is -2.46. The predicted octanol–water partition coefficient (Wildman–Crippen LogP) is 1.70. The normalized spacial score (nSPS) is 19.6. The third-order valence-electron chi connectivity index (χ3n) is 4.71. The topological polar surface area (TPSA) is 61.0 Å². The minimum Gasteiger partial charge on any atom is -0.370 e. The Bertz CT molecular complexity index is 556. The first-order valence-electron chi connectivity index (χ1n) is 8.81. The highest BCUT2D eigenvalue weighted by molar-refractivity contribution is 14.0. The van der Waals surface area contributed by atoms with E-state index < -0.39 is 0 Å². The molecular weight excluding hydrogens is 447 g/mol. The maximum atomic E-state index is 6.14. The van der Waals surface area contributed by atoms with Crippen molar-refractivity contribution in [1.29, 1.82) is 0 Å². The second-order valence-corrected chi connectivity index (χ2v) is 7.44. The average Bonchev–Trinajstić information content (AvgIpc) is 2.67. The van der Waals surface area contributed by atoms with E-state index in [9.17, 15) is 0 Å². The van der Waals surface area contributed by atoms with Crippen molar-refractivity contribution in [2.75, 3.05) is 62.2 Å². The van der Waals surface area contributed by atoms with Crippen molar-refractivity contribution in [3.05, 3.63) is 23.9 Å². The van der Waals surface area contributed by atoms with E-state index in [1.54, 1.807) is 0 Å². The number of likely N-dealkylation sites (N-methyl/N-ethyl adjacent to an activating group) is 1. The molecule has 3 heterocycles. The molecule has 8 heteroatoms. The van der Waals surface area contributed by atoms with Gasteiger partial charge in [0.2, 0.25) is 0 Å². The molecule has 0 atom stereocenters. The summed E-state index contributed by atoms with van der Waals surface area (Å²) in [5.41, 5.74) is 7.32. The number of thioether (sulfide) groups is 1. The fourth-order valence-corrected chi connectivity index (χ4v) is 3.99. The van der Waals surface area contributed by atoms with E-state index in [4.69, 9.17) is 5.73 Å². The molecule has 0 unspecified atom stereocenters. The van der Waals surface area contributed by atoms with Crippen LogP contribution in [-0.2, 0) is 6.54 Å². The summed E-state index contributed by atoms with van der Waals surface area (Å²) in [6.45, 7) is 10.3. The van der Waals surface area contributed by atoms with Crippen LogP contribution in [0.1, 0.15) is 12.5 Å². The van der Waals surface area contributed by atoms with Crippen LogP contribution in [-0.4, -0.2) is 78.1 Å². The molecule has 2 aliphatic rings. The summed E-state index contributed by atoms with van der Waals surface area (Å²) in [5.74, 6) is 4.01. The van der Waals surface area contributed by atoms with Crippen molar-refractivity contribution in [2.24, 2.45) is 10.7 Å². The molecule has 2 aliphatic heterocycles. The van der Waals surface area contributed by atoms with Crippen LogP contribution in [0.3, 0.4) is 0 Å². The van der Waals surface area contributed by atoms with Crippen molar-refractivity contribution in [1.82, 2.24) is 14.8 Å². The van der Waals surface area contributed by atoms with E-state index in [1.807, 2.05) is 24.0 Å². The van der Waals surface area contributed by atoms with Crippen molar-refractivity contribution in [3.63, 3.8) is 0 Å². The fourth-order valence-electron chi connectivity index (χ4n) is 3.09. The highest BCUT2D eigenvalue weighted by atomic mass is 127. The first-order valence-corrected chi connectivity index (χ1v) is 9.96. The molecule has 140 valence electrons. The molecular formula is C17H29IN6S. The van der Waals surface area contributed by atoms with Gasteiger partial charge in [-0.1, -0.05) is 6.92 Å². The second kappa shape index (κ2) is 10.4. The Morgan fingerprint density at radius 3 is 2.60 bits per heavy atom. The Kier molecular flexibility index (Phi) is 8.57. The highest BCUT2D eigenvalue weighted by Gasteiger charge is 2.17. The summed E-state index contributed by atoms with van der Waals surface area (Å²) in [4.78, 5) is 16.2. The monoisotopic (exact) mass is 476 g/mol. The van der Waals surface area contributed by atoms with E-state index in [-0.39, 0.29) is 24.0 Å². The smallest absolute Gasteiger partial charge is 0.191 e. The Morgan fingerprint density at radius 1 is 1.20 bits per heavy atom. The summed E-state index contributed by atoms with van der Waals surface area (Å²) < 4.78 is 0. The molecule has 1 aromatic heterocycles. The molecule has 2 N–H and O–H groups in total. The molecule has 0 saturated carbocycles. The number of rotatable bonds is 4. The third kappa shape index (κ3) is 5.89. The number of nitrogens with two attached hydrogens (primary N) is 1. The third-order valence-corrected chi connectivity index (χ3v) is 5.65. The van der Waals surface area contributed by atoms with Gasteiger partial charge in [0.25, 0.3) is 0 Å². The molecule has 2 fully saturated rings. The maximum Gasteiger partial charge on any atom is 0.191 e. The van der Waals surface area contributed by atoms with Crippen molar-refractivity contribution in [2.45, 2.75) is 13.5 Å². The van der Waals surface area contributed by atoms with E-state index in [2.05, 4.69) is 37.7 Å². The molecule has 0 bridgehead atoms. The van der Waals surface area contributed by atoms with Gasteiger partial charge in [-0.25, -0.2) is 9.98 Å². The van der Waals surface area contributed by atoms with Crippen LogP contribution in [0.5, 0.6) is 0 Å². The van der Waals surface area contributed by atoms with Gasteiger partial charge < -0.3 is 20.4 Å². The number of hydrogen-bond donors (Lipinski definition) is 1. The van der Waals surface area contributed by atoms with Crippen molar-refractivity contribution < 1.29 is 0 Å². The molecule has 3 rings (SSSR count). The fraction of sp³-hybridized carbons (Fsp3) is 0.647. The van der Waals surface area contributed by atoms with Gasteiger partial charge in [0.15, 0.2) is 5.96 Å². The molecule has 25 heavy (non-hydrogen) atoms. The quantitative estimate of drug-likeness (QED) is 0.406. The first-order chi connectivity index (χ1) is 11.8. The number of guanidine groups is 1. The molecule has 2 saturated heterocycles. The van der Waals surface area contributed by atoms with Crippen LogP contribution < -0.4 is 10.6 Å². The standard InChI is InChI=1S/C17H28N6S.HI/c1-2-21-5-7-22(8-6-21)16-13-15(3-4-19-16)14-20-17(18)23-9-11-24-12-10-23;/h3-4,13H,2,5-12,14H2,1H3,(H2,18,20);1H. The summed E-state index contributed by atoms with van der Waals surface area (Å²) in [7, 11) is 0. The van der Waals surface area contributed by atoms with Crippen molar-refractivity contribution >= 4 is 47.5 Å². The summed E-state index contributed by atoms with van der Waals surface area (Å²) in [6.07, 6.45) is 1.89. The minimum atomic E-state index is 0. The van der Waals surface area contributed by atoms with Gasteiger partial charge in [0.1, 0.15) is 5.82 Å². The largest absolute Gasteiger partial charge is 0.370 e. The van der Waals surface area contributed by atoms with E-state index in [0.717, 1.165) is 63.1 Å². The maximum absolute atomic E-state index is 6.14. The zero-order valence-corrected chi connectivity index (χ0v) is 18.1. The zero-order chi connectivity index (χ0) is 16.8. The van der Waals surface area contributed by atoms with Crippen LogP contribution in [0.25, 0.3) is 0 Å². The molecule has 0 aliphatic carbocycles. The minimum absolute atomic E-state index is 0. The molecule has 0 amide bonds. The molecule has 0 aromatic carbocycles. The van der Waals surface area contributed by atoms with E-state index in [0.29, 0.717) is 12.5 Å². The Balaban J connectivity index is 0.00000225. The van der Waals surface area contributed by atoms with Crippen LogP contribution >= 0.6 is 35.7 Å². The molecule has 6 nitrogen and oxygen atoms in total. The van der Waals surface area contributed by atoms with Crippen LogP contribution in [0.4, 0.5) is 5.82 Å². The number of nitrogens with zero attached hydrogens (tertiary/aromatic N) is 5. The van der Waals surface area contributed by atoms with Crippen LogP contribution in [0, 0.1) is 0 Å². The average molecular weight is 476 g/mol. The summed E-state index contributed by atoms with van der Waals surface area (Å²) in [6, 6.07) is 4.19. The number of aromatic nitrogens is 1. The van der Waals surface area contributed by atoms with E-state index in [1.165, 1.54) is 5.56 Å². The van der Waals surface area contributed by atoms with Crippen molar-refractivity contribution in [3.8, 4) is 0 Å². The molecule has 1 aromatic rings. The van der Waals surface area contributed by atoms with Gasteiger partial charge in [-0.15, -0.1) is 24.0 Å². The lowest BCUT2D eigenvalue weighted by atomic mass is 10.2. The second-order valence-electron chi connectivity index (χ2n) is 6.22. The van der Waals surface area contributed by atoms with Gasteiger partial charge in [0.05, 0.1) is 6.54 Å². The number of aliphatic imine (C=N–C) groups is 1. The van der Waals surface area contributed by atoms with Gasteiger partial charge >= 0.3 is 0 Å². The first kappa shape index (κ1) is 20.6. The van der Waals surface area contributed by atoms with Gasteiger partial charge in [-0.2, -0.15) is 11.8 Å². The summed E-state index contributed by atoms with van der Waals surface area (Å²) in [5, 5.41) is 0. The number of halogens is 1. The zero-order valence-electron chi connectivity index (χ0n) is 14.9. The summed E-state index contributed by atoms with van der Waals surface area (Å²) >= 11 is 1.98. The van der Waals surface area contributed by atoms with Gasteiger partial charge in [-0.3, -0.25) is 0 Å². The van der Waals surface area contributed by atoms with Crippen LogP contribution in [0.2, 0.25) is 0 Å². The Morgan fingerprint density at radius 2 is 1.92 bits per heavy atom. The lowest BCUT2D eigenvalue weighted by molar-refractivity contribution is 0.270. The number of anilines is 1. The number of hydrogen-bond acceptors (Lipinski definition) is 5. The Labute approximate surface area is 172 Å². The van der Waals surface area contributed by atoms with Gasteiger partial charge in [-0.05, 0) is 24.2 Å². The molecule has 0 spiro atoms. The van der Waals surface area contributed by atoms with E-state index >= 15 is 0 Å². The SMILES string of the molecule is CCN1CCN(c2cc(CN=C(N)N3CCSCC3)ccn2)CC1.I. The number of pyridine rings is 1. The molecule has 0 radical (unpaired) electrons.